The van der Waals surface area contributed by atoms with Crippen molar-refractivity contribution in [1.29, 1.82) is 0 Å². The van der Waals surface area contributed by atoms with E-state index in [9.17, 15) is 23.8 Å². The molecule has 1 unspecified atom stereocenters. The van der Waals surface area contributed by atoms with Gasteiger partial charge in [0.1, 0.15) is 17.4 Å². The molecule has 0 saturated heterocycles. The summed E-state index contributed by atoms with van der Waals surface area (Å²) in [7, 11) is -10.9. The molecular weight excluding hydrogens is 376 g/mol. The molecule has 25 heavy (non-hydrogen) atoms. The van der Waals surface area contributed by atoms with Gasteiger partial charge in [0.05, 0.1) is 20.7 Å². The SMILES string of the molecule is Cc1ncc(Cc2coc(CCOP(=O)([O-])OP(=O)([O-])[O-])c2)c(N)n1. The summed E-state index contributed by atoms with van der Waals surface area (Å²) in [4.78, 5) is 39.7. The number of hydrogen-bond acceptors (Lipinski definition) is 11. The summed E-state index contributed by atoms with van der Waals surface area (Å²) in [6.45, 7) is 1.26. The molecule has 0 aliphatic heterocycles. The second-order valence-corrected chi connectivity index (χ2v) is 7.69. The molecule has 2 aromatic heterocycles. The molecule has 2 N–H and O–H groups in total. The Bertz CT molecular complexity index is 834. The van der Waals surface area contributed by atoms with Crippen LogP contribution in [0, 0.1) is 6.92 Å². The van der Waals surface area contributed by atoms with Crippen LogP contribution in [-0.2, 0) is 30.8 Å². The predicted octanol–water partition coefficient (Wildman–Crippen LogP) is -0.576. The highest BCUT2D eigenvalue weighted by molar-refractivity contribution is 7.58. The zero-order chi connectivity index (χ0) is 18.7. The molecule has 0 aromatic carbocycles. The number of rotatable bonds is 8. The Labute approximate surface area is 142 Å². The average Bonchev–Trinajstić information content (AvgIpc) is 2.86. The first kappa shape index (κ1) is 19.7. The van der Waals surface area contributed by atoms with Crippen molar-refractivity contribution in [3.05, 3.63) is 41.2 Å². The Morgan fingerprint density at radius 2 is 2.04 bits per heavy atom. The van der Waals surface area contributed by atoms with Gasteiger partial charge in [-0.25, -0.2) is 9.97 Å². The maximum Gasteiger partial charge on any atom is 0.271 e. The Hall–Kier alpha value is -1.58. The second kappa shape index (κ2) is 7.76. The van der Waals surface area contributed by atoms with Gasteiger partial charge in [-0.3, -0.25) is 8.88 Å². The van der Waals surface area contributed by atoms with Gasteiger partial charge >= 0.3 is 0 Å². The third kappa shape index (κ3) is 6.68. The molecule has 1 atom stereocenters. The van der Waals surface area contributed by atoms with Gasteiger partial charge in [-0.1, -0.05) is 0 Å². The van der Waals surface area contributed by atoms with Crippen molar-refractivity contribution >= 4 is 21.5 Å². The smallest absolute Gasteiger partial charge is 0.271 e. The molecule has 138 valence electrons. The number of hydrogen-bond donors (Lipinski definition) is 1. The third-order valence-corrected chi connectivity index (χ3v) is 5.02. The van der Waals surface area contributed by atoms with Gasteiger partial charge in [0.25, 0.3) is 7.82 Å². The lowest BCUT2D eigenvalue weighted by Crippen LogP contribution is -2.19. The first-order valence-corrected chi connectivity index (χ1v) is 9.79. The number of nitrogens with two attached hydrogens (primary N) is 1. The highest BCUT2D eigenvalue weighted by Crippen LogP contribution is 2.50. The Kier molecular flexibility index (Phi) is 6.12. The van der Waals surface area contributed by atoms with E-state index in [0.717, 1.165) is 5.56 Å². The number of phosphoric acid groups is 2. The van der Waals surface area contributed by atoms with Gasteiger partial charge in [0, 0.05) is 24.6 Å². The molecule has 13 heteroatoms. The summed E-state index contributed by atoms with van der Waals surface area (Å²) >= 11 is 0. The predicted molar refractivity (Wildman–Crippen MR) is 78.6 cm³/mol. The fraction of sp³-hybridized carbons (Fsp3) is 0.333. The van der Waals surface area contributed by atoms with E-state index in [1.165, 1.54) is 6.26 Å². The highest BCUT2D eigenvalue weighted by Gasteiger charge is 2.13. The fourth-order valence-electron chi connectivity index (χ4n) is 1.92. The molecule has 0 amide bonds. The molecule has 0 aliphatic carbocycles. The highest BCUT2D eigenvalue weighted by atomic mass is 31.3. The van der Waals surface area contributed by atoms with Crippen molar-refractivity contribution in [3.63, 3.8) is 0 Å². The summed E-state index contributed by atoms with van der Waals surface area (Å²) in [5.74, 6) is 1.29. The quantitative estimate of drug-likeness (QED) is 0.568. The zero-order valence-corrected chi connectivity index (χ0v) is 14.8. The van der Waals surface area contributed by atoms with Crippen molar-refractivity contribution in [2.45, 2.75) is 19.8 Å². The number of nitrogen functional groups attached to an aromatic ring is 1. The topological polar surface area (TPSA) is 187 Å². The van der Waals surface area contributed by atoms with Crippen molar-refractivity contribution in [2.24, 2.45) is 0 Å². The van der Waals surface area contributed by atoms with Crippen LogP contribution in [0.5, 0.6) is 0 Å². The van der Waals surface area contributed by atoms with E-state index >= 15 is 0 Å². The number of nitrogens with zero attached hydrogens (tertiary/aromatic N) is 2. The lowest BCUT2D eigenvalue weighted by Gasteiger charge is -2.34. The van der Waals surface area contributed by atoms with Crippen LogP contribution in [0.25, 0.3) is 0 Å². The molecule has 2 rings (SSSR count). The standard InChI is InChI=1S/C12H17N3O8P2/c1-8-14-6-10(12(13)15-8)4-9-5-11(21-7-9)2-3-22-25(19,20)23-24(16,17)18/h5-7H,2-4H2,1H3,(H,19,20)(H2,13,14,15)(H2,16,17,18)/p-3. The van der Waals surface area contributed by atoms with Crippen molar-refractivity contribution < 1.29 is 37.1 Å². The van der Waals surface area contributed by atoms with E-state index in [1.54, 1.807) is 19.2 Å². The van der Waals surface area contributed by atoms with Gasteiger partial charge in [0.15, 0.2) is 0 Å². The molecular formula is C12H14N3O8P2-3. The van der Waals surface area contributed by atoms with E-state index in [0.29, 0.717) is 29.4 Å². The van der Waals surface area contributed by atoms with Crippen molar-refractivity contribution in [1.82, 2.24) is 9.97 Å². The number of aryl methyl sites for hydroxylation is 1. The number of furan rings is 1. The summed E-state index contributed by atoms with van der Waals surface area (Å²) in [5, 5.41) is 0. The third-order valence-electron chi connectivity index (χ3n) is 2.92. The normalized spacial score (nSPS) is 14.4. The number of anilines is 1. The largest absolute Gasteiger partial charge is 0.790 e. The monoisotopic (exact) mass is 390 g/mol. The maximum absolute atomic E-state index is 11.1. The minimum atomic E-state index is -5.69. The van der Waals surface area contributed by atoms with Crippen LogP contribution in [-0.4, -0.2) is 16.6 Å². The molecule has 2 aromatic rings. The van der Waals surface area contributed by atoms with Gasteiger partial charge in [-0.05, 0) is 18.6 Å². The van der Waals surface area contributed by atoms with Gasteiger partial charge in [0.2, 0.25) is 0 Å². The number of aromatic nitrogens is 2. The Morgan fingerprint density at radius 1 is 1.32 bits per heavy atom. The van der Waals surface area contributed by atoms with Crippen LogP contribution in [0.4, 0.5) is 5.82 Å². The summed E-state index contributed by atoms with van der Waals surface area (Å²) < 4.78 is 34.2. The first-order chi connectivity index (χ1) is 11.5. The van der Waals surface area contributed by atoms with Gasteiger partial charge < -0.3 is 33.9 Å². The van der Waals surface area contributed by atoms with Crippen LogP contribution in [0.1, 0.15) is 22.7 Å². The van der Waals surface area contributed by atoms with Crippen LogP contribution in [0.3, 0.4) is 0 Å². The van der Waals surface area contributed by atoms with Gasteiger partial charge in [-0.2, -0.15) is 0 Å². The van der Waals surface area contributed by atoms with E-state index < -0.39 is 22.3 Å². The Morgan fingerprint density at radius 3 is 2.68 bits per heavy atom. The van der Waals surface area contributed by atoms with E-state index in [1.807, 2.05) is 0 Å². The minimum Gasteiger partial charge on any atom is -0.790 e. The van der Waals surface area contributed by atoms with Crippen molar-refractivity contribution in [3.8, 4) is 0 Å². The van der Waals surface area contributed by atoms with Crippen LogP contribution in [0.15, 0.2) is 22.9 Å². The second-order valence-electron chi connectivity index (χ2n) is 4.99. The summed E-state index contributed by atoms with van der Waals surface area (Å²) in [5.41, 5.74) is 7.25. The summed E-state index contributed by atoms with van der Waals surface area (Å²) in [6.07, 6.45) is 3.47. The van der Waals surface area contributed by atoms with Crippen LogP contribution in [0.2, 0.25) is 0 Å². The maximum atomic E-state index is 11.1. The molecule has 0 saturated carbocycles. The van der Waals surface area contributed by atoms with Crippen molar-refractivity contribution in [2.75, 3.05) is 12.3 Å². The van der Waals surface area contributed by atoms with Gasteiger partial charge in [-0.15, -0.1) is 0 Å². The summed E-state index contributed by atoms with van der Waals surface area (Å²) in [6, 6.07) is 1.64. The van der Waals surface area contributed by atoms with Crippen LogP contribution >= 0.6 is 15.6 Å². The number of phosphoric ester groups is 1. The first-order valence-electron chi connectivity index (χ1n) is 6.87. The fourth-order valence-corrected chi connectivity index (χ4v) is 3.41. The molecule has 0 bridgehead atoms. The van der Waals surface area contributed by atoms with E-state index in [-0.39, 0.29) is 6.42 Å². The Balaban J connectivity index is 1.89. The molecule has 2 heterocycles. The molecule has 0 fully saturated rings. The lowest BCUT2D eigenvalue weighted by molar-refractivity contribution is -0.339. The van der Waals surface area contributed by atoms with Crippen LogP contribution < -0.4 is 20.4 Å². The zero-order valence-electron chi connectivity index (χ0n) is 13.0. The molecule has 0 spiro atoms. The average molecular weight is 390 g/mol. The molecule has 0 aliphatic rings. The minimum absolute atomic E-state index is 0.0114. The molecule has 11 nitrogen and oxygen atoms in total. The van der Waals surface area contributed by atoms with E-state index in [2.05, 4.69) is 18.8 Å². The molecule has 0 radical (unpaired) electrons. The lowest BCUT2D eigenvalue weighted by atomic mass is 10.1. The van der Waals surface area contributed by atoms with E-state index in [4.69, 9.17) is 10.2 Å².